The maximum absolute atomic E-state index is 14.5. The van der Waals surface area contributed by atoms with Gasteiger partial charge in [0, 0.05) is 23.4 Å². The molecule has 0 amide bonds. The molecule has 3 N–H and O–H groups in total. The second kappa shape index (κ2) is 7.11. The van der Waals surface area contributed by atoms with Crippen molar-refractivity contribution in [2.75, 3.05) is 11.9 Å². The monoisotopic (exact) mass is 453 g/mol. The summed E-state index contributed by atoms with van der Waals surface area (Å²) in [6.45, 7) is 0.687. The summed E-state index contributed by atoms with van der Waals surface area (Å²) in [5, 5.41) is 18.7. The number of aliphatic hydroxyl groups is 2. The average Bonchev–Trinajstić information content (AvgIpc) is 2.49. The van der Waals surface area contributed by atoms with Crippen LogP contribution in [0.3, 0.4) is 0 Å². The molecule has 168 valence electrons. The minimum absolute atomic E-state index is 0.0220. The Hall–Kier alpha value is -1.90. The van der Waals surface area contributed by atoms with Gasteiger partial charge in [-0.05, 0) is 19.1 Å². The summed E-state index contributed by atoms with van der Waals surface area (Å²) in [6, 6.07) is -1.16. The number of nitrogens with one attached hydrogen (secondary N) is 1. The van der Waals surface area contributed by atoms with Crippen molar-refractivity contribution in [2.45, 2.75) is 42.8 Å². The van der Waals surface area contributed by atoms with E-state index in [0.29, 0.717) is 0 Å². The molecule has 0 saturated heterocycles. The SMILES string of the molecule is CCNc1ccc(C(F)(C(O)(F)F)C(F)(F)F)cc1C(F)(C(O)(F)F)C(F)(F)F. The molecule has 0 bridgehead atoms. The van der Waals surface area contributed by atoms with Crippen LogP contribution in [-0.4, -0.2) is 41.3 Å². The average molecular weight is 453 g/mol. The van der Waals surface area contributed by atoms with E-state index in [2.05, 4.69) is 0 Å². The zero-order valence-electron chi connectivity index (χ0n) is 13.9. The van der Waals surface area contributed by atoms with Gasteiger partial charge in [-0.2, -0.15) is 43.9 Å². The minimum atomic E-state index is -6.70. The fraction of sp³-hybridized carbons (Fsp3) is 0.571. The zero-order chi connectivity index (χ0) is 23.3. The molecule has 0 aliphatic rings. The summed E-state index contributed by atoms with van der Waals surface area (Å²) >= 11 is 0. The highest BCUT2D eigenvalue weighted by Gasteiger charge is 2.75. The Labute approximate surface area is 153 Å². The molecule has 0 aliphatic carbocycles. The first-order chi connectivity index (χ1) is 12.7. The van der Waals surface area contributed by atoms with Crippen LogP contribution in [0, 0.1) is 0 Å². The predicted molar refractivity (Wildman–Crippen MR) is 72.6 cm³/mol. The van der Waals surface area contributed by atoms with Gasteiger partial charge in [0.2, 0.25) is 0 Å². The van der Waals surface area contributed by atoms with E-state index in [1.807, 2.05) is 5.32 Å². The van der Waals surface area contributed by atoms with Crippen LogP contribution in [0.1, 0.15) is 18.1 Å². The van der Waals surface area contributed by atoms with E-state index >= 15 is 0 Å². The summed E-state index contributed by atoms with van der Waals surface area (Å²) in [7, 11) is 0. The fourth-order valence-electron chi connectivity index (χ4n) is 2.38. The number of hydrogen-bond acceptors (Lipinski definition) is 3. The van der Waals surface area contributed by atoms with Crippen molar-refractivity contribution in [3.8, 4) is 0 Å². The van der Waals surface area contributed by atoms with E-state index in [0.717, 1.165) is 6.92 Å². The van der Waals surface area contributed by atoms with Crippen LogP contribution in [0.25, 0.3) is 0 Å². The van der Waals surface area contributed by atoms with Gasteiger partial charge < -0.3 is 15.5 Å². The fourth-order valence-corrected chi connectivity index (χ4v) is 2.38. The maximum Gasteiger partial charge on any atom is 0.435 e. The first-order valence-electron chi connectivity index (χ1n) is 7.26. The van der Waals surface area contributed by atoms with Crippen molar-refractivity contribution in [2.24, 2.45) is 0 Å². The third-order valence-electron chi connectivity index (χ3n) is 3.77. The quantitative estimate of drug-likeness (QED) is 0.546. The van der Waals surface area contributed by atoms with Gasteiger partial charge in [-0.15, -0.1) is 0 Å². The minimum Gasteiger partial charge on any atom is -0.385 e. The third-order valence-corrected chi connectivity index (χ3v) is 3.77. The van der Waals surface area contributed by atoms with Crippen LogP contribution in [-0.2, 0) is 11.3 Å². The standard InChI is InChI=1S/C14H11F12NO2/c1-2-27-8-4-3-6(9(15,11(17,18)19)13(23,24)28)5-7(8)10(16,12(20,21)22)14(25,26)29/h3-5,27-29H,2H2,1H3. The molecule has 0 heterocycles. The van der Waals surface area contributed by atoms with Gasteiger partial charge in [0.25, 0.3) is 0 Å². The second-order valence-electron chi connectivity index (χ2n) is 5.69. The zero-order valence-corrected chi connectivity index (χ0v) is 13.9. The molecule has 2 unspecified atom stereocenters. The largest absolute Gasteiger partial charge is 0.435 e. The molecule has 0 radical (unpaired) electrons. The lowest BCUT2D eigenvalue weighted by Crippen LogP contribution is -2.54. The van der Waals surface area contributed by atoms with E-state index in [-0.39, 0.29) is 12.1 Å². The Bertz CT molecular complexity index is 704. The van der Waals surface area contributed by atoms with Crippen LogP contribution in [0.2, 0.25) is 0 Å². The van der Waals surface area contributed by atoms with Gasteiger partial charge in [-0.1, -0.05) is 6.07 Å². The van der Waals surface area contributed by atoms with Gasteiger partial charge in [0.05, 0.1) is 0 Å². The maximum atomic E-state index is 14.5. The van der Waals surface area contributed by atoms with Gasteiger partial charge in [0.1, 0.15) is 0 Å². The highest BCUT2D eigenvalue weighted by molar-refractivity contribution is 5.57. The Balaban J connectivity index is 4.04. The molecule has 3 nitrogen and oxygen atoms in total. The normalized spacial score (nSPS) is 18.2. The number of anilines is 1. The molecule has 1 aromatic carbocycles. The summed E-state index contributed by atoms with van der Waals surface area (Å²) < 4.78 is 159. The first-order valence-corrected chi connectivity index (χ1v) is 7.26. The molecule has 0 aromatic heterocycles. The Morgan fingerprint density at radius 1 is 0.724 bits per heavy atom. The molecule has 0 saturated carbocycles. The number of alkyl halides is 12. The van der Waals surface area contributed by atoms with Crippen molar-refractivity contribution < 1.29 is 62.9 Å². The smallest absolute Gasteiger partial charge is 0.385 e. The summed E-state index contributed by atoms with van der Waals surface area (Å²) in [5.74, 6) is 0. The third kappa shape index (κ3) is 3.93. The molecule has 0 spiro atoms. The highest BCUT2D eigenvalue weighted by atomic mass is 19.4. The Morgan fingerprint density at radius 3 is 1.45 bits per heavy atom. The number of rotatable bonds is 6. The van der Waals surface area contributed by atoms with E-state index in [4.69, 9.17) is 10.2 Å². The second-order valence-corrected chi connectivity index (χ2v) is 5.69. The van der Waals surface area contributed by atoms with Crippen molar-refractivity contribution >= 4 is 5.69 Å². The molecule has 0 fully saturated rings. The number of halogens is 12. The molecular formula is C14H11F12NO2. The predicted octanol–water partition coefficient (Wildman–Crippen LogP) is 4.74. The van der Waals surface area contributed by atoms with Crippen LogP contribution in [0.5, 0.6) is 0 Å². The van der Waals surface area contributed by atoms with Gasteiger partial charge in [-0.3, -0.25) is 0 Å². The van der Waals surface area contributed by atoms with Crippen LogP contribution in [0.15, 0.2) is 18.2 Å². The van der Waals surface area contributed by atoms with Crippen LogP contribution >= 0.6 is 0 Å². The van der Waals surface area contributed by atoms with E-state index in [1.54, 1.807) is 0 Å². The van der Waals surface area contributed by atoms with Gasteiger partial charge in [0.15, 0.2) is 0 Å². The topological polar surface area (TPSA) is 52.5 Å². The molecule has 29 heavy (non-hydrogen) atoms. The summed E-state index contributed by atoms with van der Waals surface area (Å²) in [5.41, 5.74) is -18.6. The molecule has 1 rings (SSSR count). The lowest BCUT2D eigenvalue weighted by molar-refractivity contribution is -0.377. The lowest BCUT2D eigenvalue weighted by Gasteiger charge is -2.35. The van der Waals surface area contributed by atoms with Gasteiger partial charge in [-0.25, -0.2) is 8.78 Å². The Morgan fingerprint density at radius 2 is 1.14 bits per heavy atom. The highest BCUT2D eigenvalue weighted by Crippen LogP contribution is 2.56. The van der Waals surface area contributed by atoms with E-state index in [1.165, 1.54) is 0 Å². The summed E-state index contributed by atoms with van der Waals surface area (Å²) in [6.07, 6.45) is -26.0. The van der Waals surface area contributed by atoms with E-state index < -0.39 is 65.3 Å². The Kier molecular flexibility index (Phi) is 6.16. The molecule has 1 aromatic rings. The lowest BCUT2D eigenvalue weighted by atomic mass is 9.85. The summed E-state index contributed by atoms with van der Waals surface area (Å²) in [4.78, 5) is 0. The molecule has 15 heteroatoms. The number of hydrogen-bond donors (Lipinski definition) is 3. The van der Waals surface area contributed by atoms with E-state index in [9.17, 15) is 52.7 Å². The molecular weight excluding hydrogens is 442 g/mol. The molecule has 0 aliphatic heterocycles. The van der Waals surface area contributed by atoms with Crippen LogP contribution in [0.4, 0.5) is 58.4 Å². The first kappa shape index (κ1) is 25.1. The van der Waals surface area contributed by atoms with Crippen molar-refractivity contribution in [1.29, 1.82) is 0 Å². The number of benzene rings is 1. The van der Waals surface area contributed by atoms with Crippen molar-refractivity contribution in [3.63, 3.8) is 0 Å². The van der Waals surface area contributed by atoms with Gasteiger partial charge >= 0.3 is 35.9 Å². The van der Waals surface area contributed by atoms with Crippen molar-refractivity contribution in [1.82, 2.24) is 0 Å². The molecule has 2 atom stereocenters. The van der Waals surface area contributed by atoms with Crippen LogP contribution < -0.4 is 5.32 Å². The van der Waals surface area contributed by atoms with Crippen molar-refractivity contribution in [3.05, 3.63) is 29.3 Å².